The maximum Gasteiger partial charge on any atom is 0.320 e. The van der Waals surface area contributed by atoms with E-state index in [0.717, 1.165) is 0 Å². The highest BCUT2D eigenvalue weighted by Crippen LogP contribution is 1.87. The van der Waals surface area contributed by atoms with E-state index in [0.29, 0.717) is 0 Å². The molecule has 0 amide bonds. The quantitative estimate of drug-likeness (QED) is 0.348. The maximum atomic E-state index is 11.2. The van der Waals surface area contributed by atoms with Crippen molar-refractivity contribution < 1.29 is 23.1 Å². The molecule has 0 spiro atoms. The molecular formula is C7H17N3O5S. The monoisotopic (exact) mass is 255 g/mol. The summed E-state index contributed by atoms with van der Waals surface area (Å²) in [4.78, 5) is 10.3. The molecule has 0 bridgehead atoms. The number of methoxy groups -OCH3 is 1. The van der Waals surface area contributed by atoms with Gasteiger partial charge in [-0.25, -0.2) is 4.72 Å². The molecule has 1 atom stereocenters. The summed E-state index contributed by atoms with van der Waals surface area (Å²) in [7, 11) is -2.15. The molecule has 16 heavy (non-hydrogen) atoms. The van der Waals surface area contributed by atoms with Crippen LogP contribution in [0.5, 0.6) is 0 Å². The van der Waals surface area contributed by atoms with Gasteiger partial charge < -0.3 is 15.6 Å². The Morgan fingerprint density at radius 3 is 2.50 bits per heavy atom. The van der Waals surface area contributed by atoms with Gasteiger partial charge in [-0.3, -0.25) is 4.79 Å². The van der Waals surface area contributed by atoms with Gasteiger partial charge in [0.25, 0.3) is 10.2 Å². The minimum Gasteiger partial charge on any atom is -0.480 e. The molecule has 0 rings (SSSR count). The van der Waals surface area contributed by atoms with Crippen LogP contribution in [-0.2, 0) is 19.7 Å². The summed E-state index contributed by atoms with van der Waals surface area (Å²) >= 11 is 0. The summed E-state index contributed by atoms with van der Waals surface area (Å²) in [5.41, 5.74) is 5.19. The lowest BCUT2D eigenvalue weighted by molar-refractivity contribution is -0.138. The number of carboxylic acids is 1. The van der Waals surface area contributed by atoms with Crippen LogP contribution in [0, 0.1) is 0 Å². The highest BCUT2D eigenvalue weighted by atomic mass is 32.2. The van der Waals surface area contributed by atoms with E-state index in [1.54, 1.807) is 0 Å². The molecule has 0 aromatic rings. The fourth-order valence-corrected chi connectivity index (χ4v) is 1.64. The van der Waals surface area contributed by atoms with Gasteiger partial charge in [0.15, 0.2) is 0 Å². The third-order valence-corrected chi connectivity index (χ3v) is 2.83. The predicted molar refractivity (Wildman–Crippen MR) is 57.0 cm³/mol. The van der Waals surface area contributed by atoms with Crippen LogP contribution >= 0.6 is 0 Å². The lowest BCUT2D eigenvalue weighted by Gasteiger charge is -2.09. The van der Waals surface area contributed by atoms with Crippen LogP contribution in [0.2, 0.25) is 0 Å². The molecule has 0 saturated heterocycles. The number of hydrogen-bond acceptors (Lipinski definition) is 5. The van der Waals surface area contributed by atoms with Crippen LogP contribution in [-0.4, -0.2) is 52.3 Å². The molecule has 0 saturated carbocycles. The first-order valence-electron chi connectivity index (χ1n) is 4.60. The number of carbonyl (C=O) groups is 1. The van der Waals surface area contributed by atoms with Crippen molar-refractivity contribution in [1.29, 1.82) is 0 Å². The van der Waals surface area contributed by atoms with Gasteiger partial charge in [-0.2, -0.15) is 13.1 Å². The van der Waals surface area contributed by atoms with Gasteiger partial charge in [-0.15, -0.1) is 0 Å². The standard InChI is InChI=1S/C7H17N3O5S/c1-15-5-4-10-16(13,14)9-3-2-6(8)7(11)12/h6,9-10H,2-5,8H2,1H3,(H,11,12)/t6-/m0/s1. The fraction of sp³-hybridized carbons (Fsp3) is 0.857. The average Bonchev–Trinajstić information content (AvgIpc) is 2.17. The van der Waals surface area contributed by atoms with Crippen LogP contribution in [0.25, 0.3) is 0 Å². The molecule has 96 valence electrons. The topological polar surface area (TPSA) is 131 Å². The number of aliphatic carboxylic acids is 1. The first kappa shape index (κ1) is 15.3. The molecule has 0 unspecified atom stereocenters. The average molecular weight is 255 g/mol. The number of carboxylic acid groups (broad SMARTS) is 1. The van der Waals surface area contributed by atoms with E-state index in [1.807, 2.05) is 0 Å². The Labute approximate surface area is 94.3 Å². The Hall–Kier alpha value is -0.740. The van der Waals surface area contributed by atoms with Crippen LogP contribution in [0.4, 0.5) is 0 Å². The van der Waals surface area contributed by atoms with E-state index in [9.17, 15) is 13.2 Å². The molecule has 0 aliphatic rings. The van der Waals surface area contributed by atoms with E-state index >= 15 is 0 Å². The molecule has 8 nitrogen and oxygen atoms in total. The zero-order valence-electron chi connectivity index (χ0n) is 8.97. The van der Waals surface area contributed by atoms with Crippen molar-refractivity contribution >= 4 is 16.2 Å². The number of ether oxygens (including phenoxy) is 1. The van der Waals surface area contributed by atoms with E-state index in [4.69, 9.17) is 10.8 Å². The van der Waals surface area contributed by atoms with E-state index in [-0.39, 0.29) is 26.1 Å². The van der Waals surface area contributed by atoms with E-state index < -0.39 is 22.2 Å². The molecule has 0 radical (unpaired) electrons. The van der Waals surface area contributed by atoms with Gasteiger partial charge in [0.1, 0.15) is 6.04 Å². The second-order valence-corrected chi connectivity index (χ2v) is 4.60. The first-order chi connectivity index (χ1) is 7.39. The third kappa shape index (κ3) is 7.54. The second kappa shape index (κ2) is 7.52. The normalized spacial score (nSPS) is 13.6. The Balaban J connectivity index is 3.78. The predicted octanol–water partition coefficient (Wildman–Crippen LogP) is -2.14. The number of nitrogens with two attached hydrogens (primary N) is 1. The van der Waals surface area contributed by atoms with Gasteiger partial charge in [0.2, 0.25) is 0 Å². The first-order valence-corrected chi connectivity index (χ1v) is 6.09. The Kier molecular flexibility index (Phi) is 7.17. The molecular weight excluding hydrogens is 238 g/mol. The highest BCUT2D eigenvalue weighted by molar-refractivity contribution is 7.87. The minimum atomic E-state index is -3.60. The van der Waals surface area contributed by atoms with Gasteiger partial charge in [0.05, 0.1) is 6.61 Å². The van der Waals surface area contributed by atoms with Crippen molar-refractivity contribution in [2.24, 2.45) is 5.73 Å². The van der Waals surface area contributed by atoms with Gasteiger partial charge in [-0.1, -0.05) is 0 Å². The third-order valence-electron chi connectivity index (χ3n) is 1.66. The summed E-state index contributed by atoms with van der Waals surface area (Å²) in [6.07, 6.45) is 0.0283. The van der Waals surface area contributed by atoms with E-state index in [2.05, 4.69) is 14.2 Å². The summed E-state index contributed by atoms with van der Waals surface area (Å²) in [6.45, 7) is 0.377. The van der Waals surface area contributed by atoms with Crippen molar-refractivity contribution in [2.45, 2.75) is 12.5 Å². The van der Waals surface area contributed by atoms with E-state index in [1.165, 1.54) is 7.11 Å². The molecule has 0 aliphatic carbocycles. The second-order valence-electron chi connectivity index (χ2n) is 3.02. The molecule has 0 aromatic carbocycles. The SMILES string of the molecule is COCCNS(=O)(=O)NCC[C@H](N)C(=O)O. The Bertz CT molecular complexity index is 305. The smallest absolute Gasteiger partial charge is 0.320 e. The van der Waals surface area contributed by atoms with Crippen molar-refractivity contribution in [3.05, 3.63) is 0 Å². The van der Waals surface area contributed by atoms with Crippen LogP contribution < -0.4 is 15.2 Å². The molecule has 5 N–H and O–H groups in total. The zero-order chi connectivity index (χ0) is 12.6. The van der Waals surface area contributed by atoms with Gasteiger partial charge in [-0.05, 0) is 6.42 Å². The molecule has 0 fully saturated rings. The Morgan fingerprint density at radius 1 is 1.44 bits per heavy atom. The van der Waals surface area contributed by atoms with Crippen LogP contribution in [0.1, 0.15) is 6.42 Å². The number of rotatable bonds is 9. The van der Waals surface area contributed by atoms with Crippen molar-refractivity contribution in [3.8, 4) is 0 Å². The molecule has 9 heteroatoms. The largest absolute Gasteiger partial charge is 0.480 e. The highest BCUT2D eigenvalue weighted by Gasteiger charge is 2.13. The lowest BCUT2D eigenvalue weighted by atomic mass is 10.2. The minimum absolute atomic E-state index is 0.0283. The maximum absolute atomic E-state index is 11.2. The summed E-state index contributed by atoms with van der Waals surface area (Å²) in [5, 5.41) is 8.45. The van der Waals surface area contributed by atoms with Gasteiger partial charge in [0, 0.05) is 20.2 Å². The fourth-order valence-electron chi connectivity index (χ4n) is 0.801. The van der Waals surface area contributed by atoms with Crippen molar-refractivity contribution in [2.75, 3.05) is 26.8 Å². The number of hydrogen-bond donors (Lipinski definition) is 4. The lowest BCUT2D eigenvalue weighted by Crippen LogP contribution is -2.41. The molecule has 0 heterocycles. The number of nitrogens with one attached hydrogen (secondary N) is 2. The van der Waals surface area contributed by atoms with Crippen molar-refractivity contribution in [3.63, 3.8) is 0 Å². The molecule has 0 aliphatic heterocycles. The van der Waals surface area contributed by atoms with Crippen molar-refractivity contribution in [1.82, 2.24) is 9.44 Å². The summed E-state index contributed by atoms with van der Waals surface area (Å²) < 4.78 is 31.4. The molecule has 0 aromatic heterocycles. The summed E-state index contributed by atoms with van der Waals surface area (Å²) in [6, 6.07) is -1.07. The van der Waals surface area contributed by atoms with Crippen LogP contribution in [0.3, 0.4) is 0 Å². The van der Waals surface area contributed by atoms with Crippen LogP contribution in [0.15, 0.2) is 0 Å². The summed E-state index contributed by atoms with van der Waals surface area (Å²) in [5.74, 6) is -1.16. The zero-order valence-corrected chi connectivity index (χ0v) is 9.79. The van der Waals surface area contributed by atoms with Gasteiger partial charge >= 0.3 is 5.97 Å². The Morgan fingerprint density at radius 2 is 2.00 bits per heavy atom.